The van der Waals surface area contributed by atoms with Crippen LogP contribution in [-0.2, 0) is 0 Å². The molecular weight excluding hydrogens is 202 g/mol. The number of pyridine rings is 1. The molecule has 0 aliphatic heterocycles. The molecule has 0 unspecified atom stereocenters. The van der Waals surface area contributed by atoms with Crippen molar-refractivity contribution in [3.05, 3.63) is 54.4 Å². The van der Waals surface area contributed by atoms with Gasteiger partial charge in [0.1, 0.15) is 5.69 Å². The molecule has 0 saturated heterocycles. The minimum atomic E-state index is -0.391. The number of hydrazine groups is 1. The molecule has 1 heterocycles. The lowest BCUT2D eigenvalue weighted by Gasteiger charge is -2.03. The number of nitrogen functional groups attached to an aromatic ring is 1. The Morgan fingerprint density at radius 1 is 1.12 bits per heavy atom. The van der Waals surface area contributed by atoms with Gasteiger partial charge >= 0.3 is 0 Å². The summed E-state index contributed by atoms with van der Waals surface area (Å²) in [5, 5.41) is 0. The minimum Gasteiger partial charge on any atom is -0.289 e. The fourth-order valence-electron chi connectivity index (χ4n) is 1.44. The van der Waals surface area contributed by atoms with E-state index in [0.717, 1.165) is 11.1 Å². The fraction of sp³-hybridized carbons (Fsp3) is 0. The number of nitrogens with one attached hydrogen (secondary N) is 1. The molecular formula is C12H11N3O. The van der Waals surface area contributed by atoms with Gasteiger partial charge in [0.15, 0.2) is 0 Å². The van der Waals surface area contributed by atoms with Crippen LogP contribution in [-0.4, -0.2) is 10.9 Å². The maximum absolute atomic E-state index is 11.3. The third kappa shape index (κ3) is 2.07. The Morgan fingerprint density at radius 3 is 2.56 bits per heavy atom. The summed E-state index contributed by atoms with van der Waals surface area (Å²) in [7, 11) is 0. The lowest BCUT2D eigenvalue weighted by molar-refractivity contribution is 0.0949. The van der Waals surface area contributed by atoms with Crippen LogP contribution in [0.2, 0.25) is 0 Å². The zero-order valence-corrected chi connectivity index (χ0v) is 8.55. The highest BCUT2D eigenvalue weighted by atomic mass is 16.2. The van der Waals surface area contributed by atoms with Gasteiger partial charge in [0.05, 0.1) is 0 Å². The van der Waals surface area contributed by atoms with Crippen molar-refractivity contribution in [1.82, 2.24) is 10.4 Å². The molecule has 1 amide bonds. The van der Waals surface area contributed by atoms with Crippen molar-refractivity contribution in [2.45, 2.75) is 0 Å². The third-order valence-corrected chi connectivity index (χ3v) is 2.23. The lowest BCUT2D eigenvalue weighted by atomic mass is 10.1. The van der Waals surface area contributed by atoms with Crippen molar-refractivity contribution in [3.63, 3.8) is 0 Å². The van der Waals surface area contributed by atoms with E-state index in [1.165, 1.54) is 0 Å². The van der Waals surface area contributed by atoms with Crippen LogP contribution in [0.1, 0.15) is 10.5 Å². The lowest BCUT2D eigenvalue weighted by Crippen LogP contribution is -2.30. The van der Waals surface area contributed by atoms with Crippen LogP contribution < -0.4 is 11.3 Å². The molecule has 0 radical (unpaired) electrons. The van der Waals surface area contributed by atoms with E-state index in [1.54, 1.807) is 12.3 Å². The first-order valence-electron chi connectivity index (χ1n) is 4.83. The van der Waals surface area contributed by atoms with Gasteiger partial charge in [-0.25, -0.2) is 5.84 Å². The molecule has 0 saturated carbocycles. The Morgan fingerprint density at radius 2 is 1.88 bits per heavy atom. The predicted molar refractivity (Wildman–Crippen MR) is 61.3 cm³/mol. The van der Waals surface area contributed by atoms with Gasteiger partial charge in [-0.2, -0.15) is 0 Å². The molecule has 2 rings (SSSR count). The van der Waals surface area contributed by atoms with Crippen LogP contribution in [0.3, 0.4) is 0 Å². The number of hydrogen-bond donors (Lipinski definition) is 2. The van der Waals surface area contributed by atoms with Crippen molar-refractivity contribution >= 4 is 5.91 Å². The first-order valence-corrected chi connectivity index (χ1v) is 4.83. The van der Waals surface area contributed by atoms with Gasteiger partial charge in [-0.15, -0.1) is 0 Å². The third-order valence-electron chi connectivity index (χ3n) is 2.23. The van der Waals surface area contributed by atoms with Crippen LogP contribution in [0.25, 0.3) is 11.1 Å². The van der Waals surface area contributed by atoms with Crippen LogP contribution in [0.15, 0.2) is 48.7 Å². The Bertz CT molecular complexity index is 497. The van der Waals surface area contributed by atoms with Gasteiger partial charge in [-0.3, -0.25) is 15.2 Å². The van der Waals surface area contributed by atoms with Crippen molar-refractivity contribution in [2.75, 3.05) is 0 Å². The van der Waals surface area contributed by atoms with E-state index in [2.05, 4.69) is 10.4 Å². The monoisotopic (exact) mass is 213 g/mol. The smallest absolute Gasteiger partial charge is 0.283 e. The van der Waals surface area contributed by atoms with E-state index in [0.29, 0.717) is 5.69 Å². The van der Waals surface area contributed by atoms with Crippen LogP contribution in [0.4, 0.5) is 0 Å². The fourth-order valence-corrected chi connectivity index (χ4v) is 1.44. The molecule has 4 nitrogen and oxygen atoms in total. The number of benzene rings is 1. The van der Waals surface area contributed by atoms with Gasteiger partial charge < -0.3 is 0 Å². The summed E-state index contributed by atoms with van der Waals surface area (Å²) < 4.78 is 0. The quantitative estimate of drug-likeness (QED) is 0.449. The van der Waals surface area contributed by atoms with E-state index in [4.69, 9.17) is 5.84 Å². The Balaban J connectivity index is 2.40. The average Bonchev–Trinajstić information content (AvgIpc) is 2.39. The van der Waals surface area contributed by atoms with E-state index < -0.39 is 5.91 Å². The summed E-state index contributed by atoms with van der Waals surface area (Å²) in [6, 6.07) is 13.3. The Labute approximate surface area is 93.1 Å². The van der Waals surface area contributed by atoms with Gasteiger partial charge in [0, 0.05) is 6.20 Å². The largest absolute Gasteiger partial charge is 0.289 e. The van der Waals surface area contributed by atoms with Crippen molar-refractivity contribution in [3.8, 4) is 11.1 Å². The molecule has 80 valence electrons. The molecule has 0 bridgehead atoms. The summed E-state index contributed by atoms with van der Waals surface area (Å²) in [6.45, 7) is 0. The number of rotatable bonds is 2. The van der Waals surface area contributed by atoms with Crippen molar-refractivity contribution in [1.29, 1.82) is 0 Å². The SMILES string of the molecule is NNC(=O)c1cc(-c2ccccc2)ccn1. The predicted octanol–water partition coefficient (Wildman–Crippen LogP) is 1.35. The topological polar surface area (TPSA) is 68.0 Å². The van der Waals surface area contributed by atoms with Crippen LogP contribution in [0.5, 0.6) is 0 Å². The van der Waals surface area contributed by atoms with Gasteiger partial charge in [-0.05, 0) is 23.3 Å². The molecule has 0 aliphatic rings. The summed E-state index contributed by atoms with van der Waals surface area (Å²) in [5.74, 6) is 4.66. The molecule has 0 spiro atoms. The number of carbonyl (C=O) groups excluding carboxylic acids is 1. The maximum atomic E-state index is 11.3. The molecule has 1 aromatic heterocycles. The van der Waals surface area contributed by atoms with Crippen LogP contribution >= 0.6 is 0 Å². The normalized spacial score (nSPS) is 9.81. The molecule has 2 aromatic rings. The minimum absolute atomic E-state index is 0.309. The Kier molecular flexibility index (Phi) is 2.93. The van der Waals surface area contributed by atoms with Gasteiger partial charge in [0.25, 0.3) is 5.91 Å². The Hall–Kier alpha value is -2.20. The zero-order chi connectivity index (χ0) is 11.4. The summed E-state index contributed by atoms with van der Waals surface area (Å²) in [6.07, 6.45) is 1.59. The highest BCUT2D eigenvalue weighted by Gasteiger charge is 2.06. The summed E-state index contributed by atoms with van der Waals surface area (Å²) in [5.41, 5.74) is 4.34. The molecule has 0 atom stereocenters. The first kappa shape index (κ1) is 10.3. The summed E-state index contributed by atoms with van der Waals surface area (Å²) >= 11 is 0. The maximum Gasteiger partial charge on any atom is 0.283 e. The van der Waals surface area contributed by atoms with E-state index in [9.17, 15) is 4.79 Å². The average molecular weight is 213 g/mol. The number of nitrogens with zero attached hydrogens (tertiary/aromatic N) is 1. The molecule has 0 aliphatic carbocycles. The van der Waals surface area contributed by atoms with E-state index in [1.807, 2.05) is 36.4 Å². The van der Waals surface area contributed by atoms with Gasteiger partial charge in [-0.1, -0.05) is 30.3 Å². The standard InChI is InChI=1S/C12H11N3O/c13-15-12(16)11-8-10(6-7-14-11)9-4-2-1-3-5-9/h1-8H,13H2,(H,15,16). The van der Waals surface area contributed by atoms with E-state index >= 15 is 0 Å². The first-order chi connectivity index (χ1) is 7.81. The second kappa shape index (κ2) is 4.55. The molecule has 3 N–H and O–H groups in total. The highest BCUT2D eigenvalue weighted by molar-refractivity contribution is 5.92. The second-order valence-electron chi connectivity index (χ2n) is 3.27. The van der Waals surface area contributed by atoms with Crippen LogP contribution in [0, 0.1) is 0 Å². The number of carbonyl (C=O) groups is 1. The molecule has 4 heteroatoms. The number of amides is 1. The number of hydrogen-bond acceptors (Lipinski definition) is 3. The second-order valence-corrected chi connectivity index (χ2v) is 3.27. The molecule has 0 fully saturated rings. The van der Waals surface area contributed by atoms with Crippen molar-refractivity contribution < 1.29 is 4.79 Å². The molecule has 16 heavy (non-hydrogen) atoms. The van der Waals surface area contributed by atoms with E-state index in [-0.39, 0.29) is 0 Å². The summed E-state index contributed by atoms with van der Waals surface area (Å²) in [4.78, 5) is 15.2. The zero-order valence-electron chi connectivity index (χ0n) is 8.55. The van der Waals surface area contributed by atoms with Gasteiger partial charge in [0.2, 0.25) is 0 Å². The van der Waals surface area contributed by atoms with Crippen molar-refractivity contribution in [2.24, 2.45) is 5.84 Å². The number of aromatic nitrogens is 1. The number of nitrogens with two attached hydrogens (primary N) is 1. The highest BCUT2D eigenvalue weighted by Crippen LogP contribution is 2.18. The molecule has 1 aromatic carbocycles.